The van der Waals surface area contributed by atoms with Crippen LogP contribution in [0.1, 0.15) is 20.3 Å². The van der Waals surface area contributed by atoms with Crippen molar-refractivity contribution < 1.29 is 9.53 Å². The maximum absolute atomic E-state index is 11.3. The third kappa shape index (κ3) is 5.56. The van der Waals surface area contributed by atoms with Crippen molar-refractivity contribution in [3.8, 4) is 0 Å². The van der Waals surface area contributed by atoms with Gasteiger partial charge in [-0.15, -0.1) is 0 Å². The minimum absolute atomic E-state index is 0.214. The van der Waals surface area contributed by atoms with Crippen LogP contribution in [0.15, 0.2) is 11.6 Å². The summed E-state index contributed by atoms with van der Waals surface area (Å²) in [5.74, 6) is 0.887. The Morgan fingerprint density at radius 2 is 2.19 bits per heavy atom. The fourth-order valence-corrected chi connectivity index (χ4v) is 2.04. The van der Waals surface area contributed by atoms with Crippen molar-refractivity contribution in [3.63, 3.8) is 0 Å². The average molecular weight is 245 g/mol. The summed E-state index contributed by atoms with van der Waals surface area (Å²) < 4.78 is 4.71. The lowest BCUT2D eigenvalue weighted by Gasteiger charge is -2.22. The van der Waals surface area contributed by atoms with E-state index in [1.165, 1.54) is 7.11 Å². The van der Waals surface area contributed by atoms with Crippen LogP contribution in [-0.2, 0) is 9.53 Å². The fraction of sp³-hybridized carbons (Fsp3) is 0.750. The molecule has 0 saturated carbocycles. The summed E-state index contributed by atoms with van der Waals surface area (Å²) in [6, 6.07) is 0.516. The summed E-state index contributed by atoms with van der Waals surface area (Å²) in [5.41, 5.74) is 0.755. The van der Waals surface area contributed by atoms with Crippen LogP contribution in [0, 0.1) is 0 Å². The second-order valence-electron chi connectivity index (χ2n) is 3.82. The molecule has 0 spiro atoms. The van der Waals surface area contributed by atoms with Gasteiger partial charge < -0.3 is 4.74 Å². The number of likely N-dealkylation sites (N-methyl/N-ethyl adjacent to an activating group) is 1. The van der Waals surface area contributed by atoms with Gasteiger partial charge in [-0.2, -0.15) is 11.8 Å². The number of nitrogens with zero attached hydrogens (tertiary/aromatic N) is 1. The quantitative estimate of drug-likeness (QED) is 0.508. The zero-order valence-corrected chi connectivity index (χ0v) is 11.8. The summed E-state index contributed by atoms with van der Waals surface area (Å²) in [6.45, 7) is 4.95. The highest BCUT2D eigenvalue weighted by atomic mass is 32.2. The molecule has 0 aromatic carbocycles. The molecule has 0 rings (SSSR count). The molecule has 0 heterocycles. The Hall–Kier alpha value is -0.480. The number of thioether (sulfide) groups is 1. The monoisotopic (exact) mass is 245 g/mol. The van der Waals surface area contributed by atoms with Crippen LogP contribution < -0.4 is 0 Å². The zero-order chi connectivity index (χ0) is 12.6. The number of carbonyl (C=O) groups is 1. The van der Waals surface area contributed by atoms with Crippen LogP contribution >= 0.6 is 11.8 Å². The Kier molecular flexibility index (Phi) is 8.39. The van der Waals surface area contributed by atoms with Crippen LogP contribution in [0.3, 0.4) is 0 Å². The molecule has 0 aromatic rings. The van der Waals surface area contributed by atoms with Crippen molar-refractivity contribution in [1.82, 2.24) is 4.90 Å². The van der Waals surface area contributed by atoms with Gasteiger partial charge in [0.05, 0.1) is 7.11 Å². The van der Waals surface area contributed by atoms with E-state index in [9.17, 15) is 4.79 Å². The molecule has 94 valence electrons. The van der Waals surface area contributed by atoms with E-state index >= 15 is 0 Å². The van der Waals surface area contributed by atoms with Gasteiger partial charge in [-0.05, 0) is 26.6 Å². The van der Waals surface area contributed by atoms with E-state index in [0.29, 0.717) is 6.04 Å². The molecular weight excluding hydrogens is 222 g/mol. The van der Waals surface area contributed by atoms with Crippen molar-refractivity contribution in [3.05, 3.63) is 11.6 Å². The largest absolute Gasteiger partial charge is 0.466 e. The second-order valence-corrected chi connectivity index (χ2v) is 4.73. The molecule has 0 fully saturated rings. The van der Waals surface area contributed by atoms with E-state index in [1.54, 1.807) is 0 Å². The van der Waals surface area contributed by atoms with Crippen LogP contribution in [0.2, 0.25) is 0 Å². The lowest BCUT2D eigenvalue weighted by molar-refractivity contribution is -0.136. The summed E-state index contributed by atoms with van der Waals surface area (Å²) >= 11 is 1.83. The SMILES string of the molecule is CCC(=CCN(C)C(C)CSC)C(=O)OC. The first-order valence-electron chi connectivity index (χ1n) is 5.53. The van der Waals surface area contributed by atoms with E-state index in [0.717, 1.165) is 24.3 Å². The molecule has 16 heavy (non-hydrogen) atoms. The van der Waals surface area contributed by atoms with Gasteiger partial charge in [-0.25, -0.2) is 4.79 Å². The van der Waals surface area contributed by atoms with E-state index in [4.69, 9.17) is 4.74 Å². The van der Waals surface area contributed by atoms with Crippen LogP contribution in [0.4, 0.5) is 0 Å². The lowest BCUT2D eigenvalue weighted by Crippen LogP contribution is -2.31. The molecule has 1 atom stereocenters. The topological polar surface area (TPSA) is 29.5 Å². The second kappa shape index (κ2) is 8.65. The summed E-state index contributed by atoms with van der Waals surface area (Å²) in [7, 11) is 3.49. The van der Waals surface area contributed by atoms with Crippen molar-refractivity contribution >= 4 is 17.7 Å². The Labute approximate surface area is 103 Å². The van der Waals surface area contributed by atoms with Gasteiger partial charge in [-0.3, -0.25) is 4.90 Å². The van der Waals surface area contributed by atoms with Gasteiger partial charge in [0, 0.05) is 23.9 Å². The maximum atomic E-state index is 11.3. The molecule has 0 aliphatic heterocycles. The van der Waals surface area contributed by atoms with Crippen LogP contribution in [-0.4, -0.2) is 49.6 Å². The molecule has 3 nitrogen and oxygen atoms in total. The Bertz CT molecular complexity index is 241. The fourth-order valence-electron chi connectivity index (χ4n) is 1.31. The number of carbonyl (C=O) groups excluding carboxylic acids is 1. The van der Waals surface area contributed by atoms with Gasteiger partial charge in [-0.1, -0.05) is 13.0 Å². The highest BCUT2D eigenvalue weighted by Crippen LogP contribution is 2.07. The number of rotatable bonds is 7. The van der Waals surface area contributed by atoms with Gasteiger partial charge in [0.25, 0.3) is 0 Å². The molecule has 4 heteroatoms. The predicted octanol–water partition coefficient (Wildman–Crippen LogP) is 2.18. The number of hydrogen-bond donors (Lipinski definition) is 0. The summed E-state index contributed by atoms with van der Waals surface area (Å²) in [6.07, 6.45) is 4.78. The standard InChI is InChI=1S/C12H23NO2S/c1-6-11(12(14)15-4)7-8-13(3)10(2)9-16-5/h7,10H,6,8-9H2,1-5H3. The average Bonchev–Trinajstić information content (AvgIpc) is 2.29. The van der Waals surface area contributed by atoms with Gasteiger partial charge >= 0.3 is 5.97 Å². The van der Waals surface area contributed by atoms with Crippen molar-refractivity contribution in [2.24, 2.45) is 0 Å². The molecule has 0 bridgehead atoms. The first-order valence-corrected chi connectivity index (χ1v) is 6.92. The van der Waals surface area contributed by atoms with Crippen LogP contribution in [0.25, 0.3) is 0 Å². The molecule has 0 saturated heterocycles. The first kappa shape index (κ1) is 15.5. The van der Waals surface area contributed by atoms with Crippen LogP contribution in [0.5, 0.6) is 0 Å². The van der Waals surface area contributed by atoms with Crippen molar-refractivity contribution in [2.75, 3.05) is 32.7 Å². The number of methoxy groups -OCH3 is 1. The van der Waals surface area contributed by atoms with Crippen molar-refractivity contribution in [2.45, 2.75) is 26.3 Å². The minimum Gasteiger partial charge on any atom is -0.466 e. The predicted molar refractivity (Wildman–Crippen MR) is 70.9 cm³/mol. The highest BCUT2D eigenvalue weighted by Gasteiger charge is 2.10. The number of ether oxygens (including phenoxy) is 1. The normalized spacial score (nSPS) is 14.0. The van der Waals surface area contributed by atoms with Gasteiger partial charge in [0.15, 0.2) is 0 Å². The molecule has 1 unspecified atom stereocenters. The zero-order valence-electron chi connectivity index (χ0n) is 10.9. The van der Waals surface area contributed by atoms with Gasteiger partial charge in [0.1, 0.15) is 0 Å². The van der Waals surface area contributed by atoms with E-state index in [1.807, 2.05) is 24.8 Å². The third-order valence-electron chi connectivity index (χ3n) is 2.61. The molecule has 0 aliphatic carbocycles. The minimum atomic E-state index is -0.214. The smallest absolute Gasteiger partial charge is 0.333 e. The molecule has 0 radical (unpaired) electrons. The molecule has 0 amide bonds. The maximum Gasteiger partial charge on any atom is 0.333 e. The lowest BCUT2D eigenvalue weighted by atomic mass is 10.2. The summed E-state index contributed by atoms with van der Waals surface area (Å²) in [4.78, 5) is 13.6. The summed E-state index contributed by atoms with van der Waals surface area (Å²) in [5, 5.41) is 0. The highest BCUT2D eigenvalue weighted by molar-refractivity contribution is 7.98. The molecule has 0 N–H and O–H groups in total. The number of hydrogen-bond acceptors (Lipinski definition) is 4. The van der Waals surface area contributed by atoms with Gasteiger partial charge in [0.2, 0.25) is 0 Å². The van der Waals surface area contributed by atoms with E-state index < -0.39 is 0 Å². The Morgan fingerprint density at radius 1 is 1.56 bits per heavy atom. The van der Waals surface area contributed by atoms with E-state index in [2.05, 4.69) is 25.1 Å². The Morgan fingerprint density at radius 3 is 2.62 bits per heavy atom. The molecule has 0 aromatic heterocycles. The third-order valence-corrected chi connectivity index (χ3v) is 3.43. The Balaban J connectivity index is 4.26. The molecule has 0 aliphatic rings. The van der Waals surface area contributed by atoms with E-state index in [-0.39, 0.29) is 5.97 Å². The number of esters is 1. The first-order chi connectivity index (χ1) is 7.56. The molecular formula is C12H23NO2S. The van der Waals surface area contributed by atoms with Crippen molar-refractivity contribution in [1.29, 1.82) is 0 Å².